The fourth-order valence-electron chi connectivity index (χ4n) is 4.54. The van der Waals surface area contributed by atoms with Gasteiger partial charge in [-0.15, -0.1) is 0 Å². The number of alkyl carbamates (subject to hydrolysis) is 1. The van der Waals surface area contributed by atoms with Crippen LogP contribution < -0.4 is 16.4 Å². The van der Waals surface area contributed by atoms with Gasteiger partial charge in [-0.3, -0.25) is 14.4 Å². The van der Waals surface area contributed by atoms with Gasteiger partial charge in [-0.25, -0.2) is 4.79 Å². The van der Waals surface area contributed by atoms with Crippen LogP contribution in [0.3, 0.4) is 0 Å². The number of benzene rings is 1. The number of rotatable bonds is 16. The average Bonchev–Trinajstić information content (AvgIpc) is 2.86. The summed E-state index contributed by atoms with van der Waals surface area (Å²) < 4.78 is 5.43. The van der Waals surface area contributed by atoms with Gasteiger partial charge in [0.25, 0.3) is 0 Å². The maximum absolute atomic E-state index is 14.4. The van der Waals surface area contributed by atoms with Crippen molar-refractivity contribution in [3.05, 3.63) is 34.9 Å². The van der Waals surface area contributed by atoms with Crippen LogP contribution in [0.4, 0.5) is 4.79 Å². The quantitative estimate of drug-likeness (QED) is 0.226. The Balaban J connectivity index is 3.64. The molecule has 4 N–H and O–H groups in total. The van der Waals surface area contributed by atoms with Gasteiger partial charge in [-0.05, 0) is 89.8 Å². The molecule has 0 aliphatic heterocycles. The number of carbonyl (C=O) groups is 4. The van der Waals surface area contributed by atoms with Gasteiger partial charge < -0.3 is 26.0 Å². The number of primary amides is 1. The lowest BCUT2D eigenvalue weighted by atomic mass is 9.94. The summed E-state index contributed by atoms with van der Waals surface area (Å²) in [6.07, 6.45) is 3.43. The second-order valence-corrected chi connectivity index (χ2v) is 12.5. The highest BCUT2D eigenvalue weighted by molar-refractivity contribution is 5.92. The molecular formula is C32H54N4O5. The largest absolute Gasteiger partial charge is 0.444 e. The number of hydrogen-bond donors (Lipinski definition) is 3. The van der Waals surface area contributed by atoms with Crippen molar-refractivity contribution in [2.75, 3.05) is 6.54 Å². The topological polar surface area (TPSA) is 131 Å². The number of amides is 4. The molecule has 0 radical (unpaired) electrons. The summed E-state index contributed by atoms with van der Waals surface area (Å²) in [4.78, 5) is 54.4. The molecule has 1 aromatic carbocycles. The zero-order valence-electron chi connectivity index (χ0n) is 26.8. The van der Waals surface area contributed by atoms with E-state index in [-0.39, 0.29) is 24.8 Å². The molecule has 3 unspecified atom stereocenters. The molecule has 0 spiro atoms. The first-order valence-corrected chi connectivity index (χ1v) is 15.0. The van der Waals surface area contributed by atoms with E-state index in [0.717, 1.165) is 36.8 Å². The Kier molecular flexibility index (Phi) is 14.9. The van der Waals surface area contributed by atoms with Crippen LogP contribution in [0, 0.1) is 19.8 Å². The molecule has 9 heteroatoms. The summed E-state index contributed by atoms with van der Waals surface area (Å²) in [6, 6.07) is 3.40. The lowest BCUT2D eigenvalue weighted by molar-refractivity contribution is -0.145. The molecule has 0 fully saturated rings. The molecule has 0 aliphatic carbocycles. The third-order valence-corrected chi connectivity index (χ3v) is 7.01. The minimum atomic E-state index is -1.11. The number of aryl methyl sites for hydroxylation is 2. The van der Waals surface area contributed by atoms with Gasteiger partial charge in [-0.2, -0.15) is 0 Å². The monoisotopic (exact) mass is 574 g/mol. The Morgan fingerprint density at radius 1 is 0.976 bits per heavy atom. The Morgan fingerprint density at radius 3 is 2.17 bits per heavy atom. The zero-order valence-corrected chi connectivity index (χ0v) is 26.8. The summed E-state index contributed by atoms with van der Waals surface area (Å²) in [5.41, 5.74) is 7.42. The van der Waals surface area contributed by atoms with Crippen LogP contribution >= 0.6 is 0 Å². The van der Waals surface area contributed by atoms with E-state index in [0.29, 0.717) is 24.4 Å². The first-order valence-electron chi connectivity index (χ1n) is 15.0. The summed E-state index contributed by atoms with van der Waals surface area (Å²) >= 11 is 0. The number of nitrogens with one attached hydrogen (secondary N) is 2. The highest BCUT2D eigenvalue weighted by Gasteiger charge is 2.39. The van der Waals surface area contributed by atoms with E-state index >= 15 is 0 Å². The smallest absolute Gasteiger partial charge is 0.408 e. The van der Waals surface area contributed by atoms with Crippen molar-refractivity contribution in [2.45, 2.75) is 131 Å². The molecule has 0 aliphatic rings. The van der Waals surface area contributed by atoms with Crippen molar-refractivity contribution in [3.63, 3.8) is 0 Å². The molecule has 0 heterocycles. The van der Waals surface area contributed by atoms with Crippen LogP contribution in [0.1, 0.15) is 116 Å². The van der Waals surface area contributed by atoms with Crippen molar-refractivity contribution in [2.24, 2.45) is 11.7 Å². The fourth-order valence-corrected chi connectivity index (χ4v) is 4.54. The van der Waals surface area contributed by atoms with E-state index in [1.165, 1.54) is 0 Å². The molecule has 0 aromatic heterocycles. The maximum Gasteiger partial charge on any atom is 0.408 e. The predicted octanol–water partition coefficient (Wildman–Crippen LogP) is 5.46. The van der Waals surface area contributed by atoms with Crippen LogP contribution in [0.15, 0.2) is 18.2 Å². The molecule has 0 saturated carbocycles. The third-order valence-electron chi connectivity index (χ3n) is 7.01. The molecule has 3 atom stereocenters. The van der Waals surface area contributed by atoms with Gasteiger partial charge >= 0.3 is 6.09 Å². The van der Waals surface area contributed by atoms with Crippen LogP contribution in [0.5, 0.6) is 0 Å². The van der Waals surface area contributed by atoms with E-state index in [1.807, 2.05) is 39.0 Å². The molecule has 1 aromatic rings. The van der Waals surface area contributed by atoms with Crippen molar-refractivity contribution >= 4 is 23.8 Å². The summed E-state index contributed by atoms with van der Waals surface area (Å²) in [6.45, 7) is 17.9. The number of nitrogens with two attached hydrogens (primary N) is 1. The Hall–Kier alpha value is -3.10. The second kappa shape index (κ2) is 17.0. The molecule has 0 bridgehead atoms. The first kappa shape index (κ1) is 35.9. The lowest BCUT2D eigenvalue weighted by Crippen LogP contribution is -2.55. The number of ether oxygens (including phenoxy) is 1. The van der Waals surface area contributed by atoms with E-state index in [2.05, 4.69) is 31.4 Å². The molecule has 0 saturated heterocycles. The van der Waals surface area contributed by atoms with Gasteiger partial charge in [0.1, 0.15) is 17.7 Å². The number of nitrogens with zero attached hydrogens (tertiary/aromatic N) is 1. The van der Waals surface area contributed by atoms with Crippen LogP contribution in [0.25, 0.3) is 0 Å². The minimum Gasteiger partial charge on any atom is -0.444 e. The average molecular weight is 575 g/mol. The summed E-state index contributed by atoms with van der Waals surface area (Å²) in [5.74, 6) is -0.934. The Bertz CT molecular complexity index is 1020. The van der Waals surface area contributed by atoms with Crippen molar-refractivity contribution in [3.8, 4) is 0 Å². The Labute approximate surface area is 247 Å². The molecule has 41 heavy (non-hydrogen) atoms. The van der Waals surface area contributed by atoms with E-state index < -0.39 is 35.6 Å². The molecule has 1 rings (SSSR count). The van der Waals surface area contributed by atoms with E-state index in [9.17, 15) is 19.2 Å². The standard InChI is InChI=1S/C32H54N4O5/c1-10-11-12-19-34-29(38)28(25-16-14-22(4)23(5)20-25)36(24(6)15-13-21(2)3)30(39)26(17-18-27(33)37)35-31(40)41-32(7,8)9/h14,16,20-21,24,26,28H,10-13,15,17-19H2,1-9H3,(H2,33,37)(H,34,38)(H,35,40). The Morgan fingerprint density at radius 2 is 1.63 bits per heavy atom. The van der Waals surface area contributed by atoms with Gasteiger partial charge in [0.15, 0.2) is 0 Å². The predicted molar refractivity (Wildman–Crippen MR) is 163 cm³/mol. The van der Waals surface area contributed by atoms with Crippen molar-refractivity contribution in [1.29, 1.82) is 0 Å². The lowest BCUT2D eigenvalue weighted by Gasteiger charge is -2.39. The summed E-state index contributed by atoms with van der Waals surface area (Å²) in [5, 5.41) is 5.71. The van der Waals surface area contributed by atoms with Crippen molar-refractivity contribution < 1.29 is 23.9 Å². The highest BCUT2D eigenvalue weighted by atomic mass is 16.6. The van der Waals surface area contributed by atoms with Crippen LogP contribution in [-0.4, -0.2) is 52.9 Å². The van der Waals surface area contributed by atoms with Gasteiger partial charge in [0, 0.05) is 19.0 Å². The molecule has 232 valence electrons. The fraction of sp³-hybridized carbons (Fsp3) is 0.688. The molecule has 9 nitrogen and oxygen atoms in total. The van der Waals surface area contributed by atoms with Gasteiger partial charge in [0.05, 0.1) is 0 Å². The molecular weight excluding hydrogens is 520 g/mol. The normalized spacial score (nSPS) is 13.7. The highest BCUT2D eigenvalue weighted by Crippen LogP contribution is 2.29. The van der Waals surface area contributed by atoms with Gasteiger partial charge in [-0.1, -0.05) is 51.8 Å². The number of hydrogen-bond acceptors (Lipinski definition) is 5. The SMILES string of the molecule is CCCCCNC(=O)C(c1ccc(C)c(C)c1)N(C(=O)C(CCC(N)=O)NC(=O)OC(C)(C)C)C(C)CCC(C)C. The maximum atomic E-state index is 14.4. The van der Waals surface area contributed by atoms with Gasteiger partial charge in [0.2, 0.25) is 17.7 Å². The zero-order chi connectivity index (χ0) is 31.3. The van der Waals surface area contributed by atoms with Crippen molar-refractivity contribution in [1.82, 2.24) is 15.5 Å². The van der Waals surface area contributed by atoms with E-state index in [4.69, 9.17) is 10.5 Å². The van der Waals surface area contributed by atoms with Crippen LogP contribution in [-0.2, 0) is 19.1 Å². The second-order valence-electron chi connectivity index (χ2n) is 12.5. The summed E-state index contributed by atoms with van der Waals surface area (Å²) in [7, 11) is 0. The number of unbranched alkanes of at least 4 members (excludes halogenated alkanes) is 2. The minimum absolute atomic E-state index is 0.0153. The molecule has 4 amide bonds. The third kappa shape index (κ3) is 13.0. The first-order chi connectivity index (χ1) is 19.1. The van der Waals surface area contributed by atoms with Crippen LogP contribution in [0.2, 0.25) is 0 Å². The van der Waals surface area contributed by atoms with E-state index in [1.54, 1.807) is 25.7 Å². The number of carbonyl (C=O) groups excluding carboxylic acids is 4.